The van der Waals surface area contributed by atoms with Gasteiger partial charge < -0.3 is 5.11 Å². The highest BCUT2D eigenvalue weighted by atomic mass is 16.6. The van der Waals surface area contributed by atoms with Gasteiger partial charge in [-0.2, -0.15) is 0 Å². The first-order valence-corrected chi connectivity index (χ1v) is 4.28. The average Bonchev–Trinajstić information content (AvgIpc) is 2.02. The van der Waals surface area contributed by atoms with Crippen LogP contribution in [0.3, 0.4) is 0 Å². The first-order valence-electron chi connectivity index (χ1n) is 4.28. The average molecular weight is 194 g/mol. The quantitative estimate of drug-likeness (QED) is 0.507. The lowest BCUT2D eigenvalue weighted by atomic mass is 9.87. The number of benzene rings is 1. The molecule has 0 heterocycles. The maximum Gasteiger partial charge on any atom is 0.262 e. The highest BCUT2D eigenvalue weighted by Crippen LogP contribution is 2.30. The van der Waals surface area contributed by atoms with Crippen LogP contribution in [0.15, 0.2) is 18.2 Å². The van der Waals surface area contributed by atoms with Crippen LogP contribution >= 0.6 is 0 Å². The number of hydrogen-bond acceptors (Lipinski definition) is 3. The second kappa shape index (κ2) is 3.29. The van der Waals surface area contributed by atoms with E-state index in [0.29, 0.717) is 0 Å². The predicted octanol–water partition coefficient (Wildman–Crippen LogP) is 1.97. The van der Waals surface area contributed by atoms with Gasteiger partial charge in [0.1, 0.15) is 0 Å². The molecule has 1 aromatic carbocycles. The van der Waals surface area contributed by atoms with Crippen LogP contribution in [-0.2, 0) is 5.41 Å². The Morgan fingerprint density at radius 2 is 1.86 bits per heavy atom. The molecule has 76 valence electrons. The Morgan fingerprint density at radius 3 is 2.29 bits per heavy atom. The monoisotopic (exact) mass is 194 g/mol. The van der Waals surface area contributed by atoms with Crippen LogP contribution in [0.1, 0.15) is 26.3 Å². The molecular formula is C10H12NO3-. The van der Waals surface area contributed by atoms with E-state index in [1.807, 2.05) is 20.8 Å². The molecule has 14 heavy (non-hydrogen) atoms. The summed E-state index contributed by atoms with van der Waals surface area (Å²) in [5.74, 6) is -0.539. The van der Waals surface area contributed by atoms with E-state index in [0.717, 1.165) is 5.56 Å². The number of rotatable bonds is 1. The Bertz CT molecular complexity index is 366. The van der Waals surface area contributed by atoms with Gasteiger partial charge in [0, 0.05) is 6.07 Å². The van der Waals surface area contributed by atoms with Crippen molar-refractivity contribution < 1.29 is 10.0 Å². The van der Waals surface area contributed by atoms with Gasteiger partial charge in [0.25, 0.3) is 5.69 Å². The van der Waals surface area contributed by atoms with Gasteiger partial charge >= 0.3 is 0 Å². The van der Waals surface area contributed by atoms with Crippen molar-refractivity contribution in [1.29, 1.82) is 0 Å². The Kier molecular flexibility index (Phi) is 2.47. The fraction of sp³-hybridized carbons (Fsp3) is 0.400. The molecule has 0 bridgehead atoms. The third-order valence-corrected chi connectivity index (χ3v) is 2.02. The Hall–Kier alpha value is -1.58. The molecule has 0 amide bonds. The van der Waals surface area contributed by atoms with Gasteiger partial charge in [-0.25, -0.2) is 0 Å². The third-order valence-electron chi connectivity index (χ3n) is 2.02. The Balaban J connectivity index is 3.27. The van der Waals surface area contributed by atoms with Gasteiger partial charge in [0.05, 0.1) is 4.92 Å². The van der Waals surface area contributed by atoms with Crippen LogP contribution in [-0.4, -0.2) is 4.92 Å². The molecule has 4 nitrogen and oxygen atoms in total. The van der Waals surface area contributed by atoms with E-state index in [1.54, 1.807) is 6.07 Å². The first-order chi connectivity index (χ1) is 6.32. The van der Waals surface area contributed by atoms with E-state index < -0.39 is 10.7 Å². The van der Waals surface area contributed by atoms with Gasteiger partial charge in [0.2, 0.25) is 0 Å². The normalized spacial score (nSPS) is 11.4. The van der Waals surface area contributed by atoms with Crippen molar-refractivity contribution in [2.75, 3.05) is 0 Å². The van der Waals surface area contributed by atoms with Crippen LogP contribution < -0.4 is 5.11 Å². The highest BCUT2D eigenvalue weighted by molar-refractivity contribution is 5.48. The zero-order valence-electron chi connectivity index (χ0n) is 8.40. The summed E-state index contributed by atoms with van der Waals surface area (Å²) < 4.78 is 0. The van der Waals surface area contributed by atoms with E-state index in [-0.39, 0.29) is 11.1 Å². The van der Waals surface area contributed by atoms with Crippen LogP contribution in [0.4, 0.5) is 5.69 Å². The smallest absolute Gasteiger partial charge is 0.262 e. The molecule has 0 aromatic heterocycles. The van der Waals surface area contributed by atoms with Crippen LogP contribution in [0.25, 0.3) is 0 Å². The summed E-state index contributed by atoms with van der Waals surface area (Å²) in [4.78, 5) is 9.87. The Morgan fingerprint density at radius 1 is 1.29 bits per heavy atom. The second-order valence-electron chi connectivity index (χ2n) is 4.19. The van der Waals surface area contributed by atoms with Crippen LogP contribution in [0.5, 0.6) is 5.75 Å². The molecule has 1 aromatic rings. The topological polar surface area (TPSA) is 66.2 Å². The minimum Gasteiger partial charge on any atom is -0.868 e. The van der Waals surface area contributed by atoms with Crippen molar-refractivity contribution in [2.45, 2.75) is 26.2 Å². The van der Waals surface area contributed by atoms with Crippen molar-refractivity contribution in [3.8, 4) is 5.75 Å². The Labute approximate surface area is 82.3 Å². The SMILES string of the molecule is CC(C)(C)c1ccc([O-])c([N+](=O)[O-])c1. The summed E-state index contributed by atoms with van der Waals surface area (Å²) in [5, 5.41) is 21.6. The molecule has 0 atom stereocenters. The zero-order chi connectivity index (χ0) is 10.9. The third kappa shape index (κ3) is 2.02. The van der Waals surface area contributed by atoms with Crippen molar-refractivity contribution in [3.05, 3.63) is 33.9 Å². The maximum atomic E-state index is 11.1. The van der Waals surface area contributed by atoms with Gasteiger partial charge in [-0.3, -0.25) is 10.1 Å². The number of nitro benzene ring substituents is 1. The fourth-order valence-corrected chi connectivity index (χ4v) is 1.13. The number of nitro groups is 1. The van der Waals surface area contributed by atoms with Crippen molar-refractivity contribution in [2.24, 2.45) is 0 Å². The lowest BCUT2D eigenvalue weighted by molar-refractivity contribution is -0.398. The molecule has 0 spiro atoms. The minimum absolute atomic E-state index is 0.182. The molecular weight excluding hydrogens is 182 g/mol. The summed E-state index contributed by atoms with van der Waals surface area (Å²) in [6.45, 7) is 5.82. The molecule has 1 rings (SSSR count). The van der Waals surface area contributed by atoms with E-state index in [2.05, 4.69) is 0 Å². The second-order valence-corrected chi connectivity index (χ2v) is 4.19. The summed E-state index contributed by atoms with van der Waals surface area (Å²) >= 11 is 0. The molecule has 0 aliphatic rings. The molecule has 0 radical (unpaired) electrons. The van der Waals surface area contributed by atoms with Crippen molar-refractivity contribution in [1.82, 2.24) is 0 Å². The molecule has 0 N–H and O–H groups in total. The zero-order valence-corrected chi connectivity index (χ0v) is 8.40. The highest BCUT2D eigenvalue weighted by Gasteiger charge is 2.17. The molecule has 0 fully saturated rings. The van der Waals surface area contributed by atoms with E-state index in [9.17, 15) is 15.2 Å². The molecule has 0 saturated carbocycles. The van der Waals surface area contributed by atoms with Crippen LogP contribution in [0, 0.1) is 10.1 Å². The van der Waals surface area contributed by atoms with E-state index in [1.165, 1.54) is 12.1 Å². The number of hydrogen-bond donors (Lipinski definition) is 0. The predicted molar refractivity (Wildman–Crippen MR) is 51.2 cm³/mol. The van der Waals surface area contributed by atoms with Gasteiger partial charge in [-0.1, -0.05) is 32.9 Å². The molecule has 0 aliphatic carbocycles. The molecule has 0 saturated heterocycles. The van der Waals surface area contributed by atoms with Crippen molar-refractivity contribution in [3.63, 3.8) is 0 Å². The maximum absolute atomic E-state index is 11.1. The number of nitrogens with zero attached hydrogens (tertiary/aromatic N) is 1. The largest absolute Gasteiger partial charge is 0.868 e. The first kappa shape index (κ1) is 10.5. The summed E-state index contributed by atoms with van der Waals surface area (Å²) in [5.41, 5.74) is 0.263. The van der Waals surface area contributed by atoms with E-state index >= 15 is 0 Å². The standard InChI is InChI=1S/C10H13NO3/c1-10(2,3)7-4-5-9(12)8(6-7)11(13)14/h4-6,12H,1-3H3/p-1. The lowest BCUT2D eigenvalue weighted by Gasteiger charge is -2.20. The lowest BCUT2D eigenvalue weighted by Crippen LogP contribution is -2.12. The van der Waals surface area contributed by atoms with E-state index in [4.69, 9.17) is 0 Å². The summed E-state index contributed by atoms with van der Waals surface area (Å²) in [6, 6.07) is 4.23. The molecule has 4 heteroatoms. The summed E-state index contributed by atoms with van der Waals surface area (Å²) in [7, 11) is 0. The fourth-order valence-electron chi connectivity index (χ4n) is 1.13. The molecule has 0 aliphatic heterocycles. The van der Waals surface area contributed by atoms with Gasteiger partial charge in [0.15, 0.2) is 0 Å². The minimum atomic E-state index is -0.641. The van der Waals surface area contributed by atoms with Crippen LogP contribution in [0.2, 0.25) is 0 Å². The summed E-state index contributed by atoms with van der Waals surface area (Å²) in [6.07, 6.45) is 0. The van der Waals surface area contributed by atoms with Gasteiger partial charge in [-0.15, -0.1) is 0 Å². The van der Waals surface area contributed by atoms with Gasteiger partial charge in [-0.05, 0) is 16.7 Å². The van der Waals surface area contributed by atoms with Crippen molar-refractivity contribution >= 4 is 5.69 Å². The molecule has 0 unspecified atom stereocenters.